The van der Waals surface area contributed by atoms with Crippen molar-refractivity contribution in [2.75, 3.05) is 13.2 Å². The maximum Gasteiger partial charge on any atom is 0.320 e. The van der Waals surface area contributed by atoms with Gasteiger partial charge < -0.3 is 9.47 Å². The maximum atomic E-state index is 13.4. The second kappa shape index (κ2) is 11.8. The van der Waals surface area contributed by atoms with Crippen molar-refractivity contribution in [1.29, 1.82) is 0 Å². The van der Waals surface area contributed by atoms with Crippen LogP contribution in [0.4, 0.5) is 10.1 Å². The van der Waals surface area contributed by atoms with Gasteiger partial charge in [-0.05, 0) is 51.0 Å². The summed E-state index contributed by atoms with van der Waals surface area (Å²) >= 11 is 0. The Bertz CT molecular complexity index is 765. The Balaban J connectivity index is 0.00000176. The van der Waals surface area contributed by atoms with Gasteiger partial charge in [0, 0.05) is 0 Å². The predicted octanol–water partition coefficient (Wildman–Crippen LogP) is 5.61. The van der Waals surface area contributed by atoms with E-state index in [4.69, 9.17) is 9.47 Å². The molecule has 1 aliphatic rings. The lowest BCUT2D eigenvalue weighted by molar-refractivity contribution is 0.289. The standard InChI is InChI=1S/C19H22FN3O2.C2H6/c1-5-16(14-9-8-10-15(20)12-11-14)22-17-13(4)21-19(25-7-3)23-18(17)24-6-2;1-2/h5,9-12H,1,6-8H2,2-4H3;1-2H3. The molecule has 0 fully saturated rings. The molecule has 5 nitrogen and oxygen atoms in total. The van der Waals surface area contributed by atoms with Gasteiger partial charge in [0.15, 0.2) is 0 Å². The summed E-state index contributed by atoms with van der Waals surface area (Å²) in [7, 11) is 0. The third-order valence-corrected chi connectivity index (χ3v) is 3.35. The summed E-state index contributed by atoms with van der Waals surface area (Å²) in [5, 5.41) is 0. The van der Waals surface area contributed by atoms with Crippen LogP contribution in [0.25, 0.3) is 0 Å². The van der Waals surface area contributed by atoms with Crippen molar-refractivity contribution in [3.05, 3.63) is 54.1 Å². The summed E-state index contributed by atoms with van der Waals surface area (Å²) in [5.74, 6) is 0.0746. The third kappa shape index (κ3) is 6.47. The van der Waals surface area contributed by atoms with E-state index in [9.17, 15) is 4.39 Å². The van der Waals surface area contributed by atoms with Gasteiger partial charge in [0.25, 0.3) is 0 Å². The molecule has 146 valence electrons. The Morgan fingerprint density at radius 3 is 2.52 bits per heavy atom. The first-order valence-corrected chi connectivity index (χ1v) is 9.18. The Morgan fingerprint density at radius 2 is 1.89 bits per heavy atom. The third-order valence-electron chi connectivity index (χ3n) is 3.35. The van der Waals surface area contributed by atoms with E-state index < -0.39 is 0 Å². The first-order valence-electron chi connectivity index (χ1n) is 9.18. The van der Waals surface area contributed by atoms with Gasteiger partial charge in [0.05, 0.1) is 24.6 Å². The zero-order chi connectivity index (χ0) is 20.2. The molecule has 0 amide bonds. The van der Waals surface area contributed by atoms with Crippen molar-refractivity contribution >= 4 is 11.4 Å². The minimum Gasteiger partial charge on any atom is -0.476 e. The number of hydrogen-bond acceptors (Lipinski definition) is 5. The lowest BCUT2D eigenvalue weighted by atomic mass is 10.1. The van der Waals surface area contributed by atoms with Crippen LogP contribution in [-0.2, 0) is 0 Å². The highest BCUT2D eigenvalue weighted by atomic mass is 19.1. The lowest BCUT2D eigenvalue weighted by Crippen LogP contribution is -2.04. The van der Waals surface area contributed by atoms with Gasteiger partial charge in [-0.3, -0.25) is 0 Å². The summed E-state index contributed by atoms with van der Waals surface area (Å²) < 4.78 is 24.3. The van der Waals surface area contributed by atoms with E-state index in [1.807, 2.05) is 40.7 Å². The highest BCUT2D eigenvalue weighted by molar-refractivity contribution is 6.11. The van der Waals surface area contributed by atoms with Crippen LogP contribution in [-0.4, -0.2) is 28.9 Å². The van der Waals surface area contributed by atoms with Gasteiger partial charge in [-0.15, -0.1) is 0 Å². The van der Waals surface area contributed by atoms with Crippen LogP contribution >= 0.6 is 0 Å². The molecule has 27 heavy (non-hydrogen) atoms. The van der Waals surface area contributed by atoms with Crippen molar-refractivity contribution in [1.82, 2.24) is 9.97 Å². The second-order valence-electron chi connectivity index (χ2n) is 5.13. The molecule has 0 N–H and O–H groups in total. The molecule has 0 bridgehead atoms. The van der Waals surface area contributed by atoms with Gasteiger partial charge >= 0.3 is 6.01 Å². The van der Waals surface area contributed by atoms with Crippen molar-refractivity contribution in [2.24, 2.45) is 4.99 Å². The maximum absolute atomic E-state index is 13.4. The molecule has 0 unspecified atom stereocenters. The topological polar surface area (TPSA) is 56.6 Å². The molecule has 0 spiro atoms. The summed E-state index contributed by atoms with van der Waals surface area (Å²) in [6.07, 6.45) is 8.56. The smallest absolute Gasteiger partial charge is 0.320 e. The quantitative estimate of drug-likeness (QED) is 0.583. The molecule has 1 aliphatic carbocycles. The van der Waals surface area contributed by atoms with Crippen LogP contribution in [0.5, 0.6) is 11.9 Å². The molecule has 1 aromatic heterocycles. The number of rotatable bonds is 7. The number of aryl methyl sites for hydroxylation is 1. The highest BCUT2D eigenvalue weighted by Gasteiger charge is 2.15. The van der Waals surface area contributed by atoms with Crippen molar-refractivity contribution < 1.29 is 13.9 Å². The first-order chi connectivity index (χ1) is 13.1. The SMILES string of the molecule is C=CC(=Nc1c(C)nc(OCC)nc1OCC)C1=CCC=C(F)C=C1.CC. The fourth-order valence-corrected chi connectivity index (χ4v) is 2.22. The van der Waals surface area contributed by atoms with E-state index in [1.54, 1.807) is 12.2 Å². The van der Waals surface area contributed by atoms with Crippen molar-refractivity contribution in [2.45, 2.75) is 41.0 Å². The molecule has 1 aromatic rings. The summed E-state index contributed by atoms with van der Waals surface area (Å²) in [6.45, 7) is 14.2. The number of aromatic nitrogens is 2. The van der Waals surface area contributed by atoms with Crippen LogP contribution < -0.4 is 9.47 Å². The van der Waals surface area contributed by atoms with E-state index in [2.05, 4.69) is 21.5 Å². The average Bonchev–Trinajstić information content (AvgIpc) is 2.88. The van der Waals surface area contributed by atoms with E-state index in [-0.39, 0.29) is 11.8 Å². The zero-order valence-electron chi connectivity index (χ0n) is 16.8. The van der Waals surface area contributed by atoms with Crippen LogP contribution in [0, 0.1) is 6.92 Å². The van der Waals surface area contributed by atoms with Gasteiger partial charge in [-0.2, -0.15) is 9.97 Å². The molecule has 0 saturated carbocycles. The first kappa shape index (κ1) is 22.3. The van der Waals surface area contributed by atoms with E-state index in [1.165, 1.54) is 12.2 Å². The average molecular weight is 373 g/mol. The van der Waals surface area contributed by atoms with E-state index in [0.29, 0.717) is 42.6 Å². The Kier molecular flexibility index (Phi) is 9.72. The van der Waals surface area contributed by atoms with Crippen LogP contribution in [0.3, 0.4) is 0 Å². The zero-order valence-corrected chi connectivity index (χ0v) is 16.8. The normalized spacial score (nSPS) is 13.6. The summed E-state index contributed by atoms with van der Waals surface area (Å²) in [5.41, 5.74) is 2.50. The predicted molar refractivity (Wildman–Crippen MR) is 109 cm³/mol. The molecule has 0 aromatic carbocycles. The van der Waals surface area contributed by atoms with Gasteiger partial charge in [-0.1, -0.05) is 32.6 Å². The fraction of sp³-hybridized carbons (Fsp3) is 0.381. The minimum absolute atomic E-state index is 0.252. The number of hydrogen-bond donors (Lipinski definition) is 0. The molecule has 6 heteroatoms. The molecular formula is C21H28FN3O2. The largest absolute Gasteiger partial charge is 0.476 e. The molecule has 0 atom stereocenters. The van der Waals surface area contributed by atoms with Crippen LogP contribution in [0.15, 0.2) is 53.4 Å². The number of nitrogens with zero attached hydrogens (tertiary/aromatic N) is 3. The Hall–Kier alpha value is -2.76. The van der Waals surface area contributed by atoms with Crippen molar-refractivity contribution in [3.8, 4) is 11.9 Å². The van der Waals surface area contributed by atoms with Crippen LogP contribution in [0.1, 0.15) is 39.8 Å². The van der Waals surface area contributed by atoms with Crippen molar-refractivity contribution in [3.63, 3.8) is 0 Å². The molecular weight excluding hydrogens is 345 g/mol. The minimum atomic E-state index is -0.273. The van der Waals surface area contributed by atoms with E-state index >= 15 is 0 Å². The number of allylic oxidation sites excluding steroid dienone is 7. The summed E-state index contributed by atoms with van der Waals surface area (Å²) in [4.78, 5) is 13.2. The molecule has 0 saturated heterocycles. The number of ether oxygens (including phenoxy) is 2. The molecule has 0 aliphatic heterocycles. The number of aliphatic imine (C=N–C) groups is 1. The molecule has 1 heterocycles. The Labute approximate surface area is 161 Å². The second-order valence-corrected chi connectivity index (χ2v) is 5.13. The Morgan fingerprint density at radius 1 is 1.19 bits per heavy atom. The highest BCUT2D eigenvalue weighted by Crippen LogP contribution is 2.31. The lowest BCUT2D eigenvalue weighted by Gasteiger charge is -2.11. The van der Waals surface area contributed by atoms with Gasteiger partial charge in [-0.25, -0.2) is 9.38 Å². The monoisotopic (exact) mass is 373 g/mol. The molecule has 2 rings (SSSR count). The summed E-state index contributed by atoms with van der Waals surface area (Å²) in [6, 6.07) is 0.252. The van der Waals surface area contributed by atoms with Gasteiger partial charge in [0.1, 0.15) is 11.5 Å². The fourth-order valence-electron chi connectivity index (χ4n) is 2.22. The number of halogens is 1. The van der Waals surface area contributed by atoms with E-state index in [0.717, 1.165) is 5.57 Å². The van der Waals surface area contributed by atoms with Crippen LogP contribution in [0.2, 0.25) is 0 Å². The molecule has 0 radical (unpaired) electrons. The van der Waals surface area contributed by atoms with Gasteiger partial charge in [0.2, 0.25) is 5.88 Å².